The third kappa shape index (κ3) is 2.53. The summed E-state index contributed by atoms with van der Waals surface area (Å²) in [4.78, 5) is 17.0. The van der Waals surface area contributed by atoms with Crippen molar-refractivity contribution in [1.29, 1.82) is 0 Å². The van der Waals surface area contributed by atoms with Crippen molar-refractivity contribution in [2.24, 2.45) is 0 Å². The van der Waals surface area contributed by atoms with E-state index in [1.165, 1.54) is 17.7 Å². The fraction of sp³-hybridized carbons (Fsp3) is 0.462. The first-order valence-electron chi connectivity index (χ1n) is 6.50. The van der Waals surface area contributed by atoms with Crippen LogP contribution in [0.1, 0.15) is 17.7 Å². The van der Waals surface area contributed by atoms with Crippen LogP contribution in [0.4, 0.5) is 11.9 Å². The molecular weight excluding hydrogens is 258 g/mol. The Labute approximate surface area is 116 Å². The fourth-order valence-corrected chi connectivity index (χ4v) is 2.91. The maximum Gasteiger partial charge on any atom is 0.230 e. The Bertz CT molecular complexity index is 574. The average Bonchev–Trinajstić information content (AvgIpc) is 3.09. The molecule has 1 saturated heterocycles. The van der Waals surface area contributed by atoms with Crippen LogP contribution in [0.25, 0.3) is 11.4 Å². The molecule has 0 saturated carbocycles. The van der Waals surface area contributed by atoms with Gasteiger partial charge in [-0.05, 0) is 25.8 Å². The van der Waals surface area contributed by atoms with E-state index in [0.29, 0.717) is 5.95 Å². The molecule has 1 aliphatic rings. The van der Waals surface area contributed by atoms with Crippen molar-refractivity contribution in [2.45, 2.75) is 19.8 Å². The number of anilines is 2. The second kappa shape index (κ2) is 5.13. The molecule has 1 aliphatic heterocycles. The first kappa shape index (κ1) is 12.3. The SMILES string of the molecule is CNc1nc(-c2csc(C)c2)nc(N2CCCC2)n1. The van der Waals surface area contributed by atoms with E-state index < -0.39 is 0 Å². The molecule has 0 amide bonds. The zero-order chi connectivity index (χ0) is 13.2. The lowest BCUT2D eigenvalue weighted by Gasteiger charge is -2.16. The van der Waals surface area contributed by atoms with Gasteiger partial charge in [-0.1, -0.05) is 0 Å². The van der Waals surface area contributed by atoms with E-state index >= 15 is 0 Å². The van der Waals surface area contributed by atoms with Gasteiger partial charge in [-0.15, -0.1) is 11.3 Å². The highest BCUT2D eigenvalue weighted by Crippen LogP contribution is 2.25. The normalized spacial score (nSPS) is 14.9. The molecule has 0 spiro atoms. The standard InChI is InChI=1S/C13H17N5S/c1-9-7-10(8-19-9)11-15-12(14-2)17-13(16-11)18-5-3-4-6-18/h7-8H,3-6H2,1-2H3,(H,14,15,16,17). The van der Waals surface area contributed by atoms with E-state index in [0.717, 1.165) is 30.4 Å². The Morgan fingerprint density at radius 1 is 1.21 bits per heavy atom. The maximum absolute atomic E-state index is 4.62. The monoisotopic (exact) mass is 275 g/mol. The van der Waals surface area contributed by atoms with Gasteiger partial charge in [0.2, 0.25) is 11.9 Å². The van der Waals surface area contributed by atoms with Gasteiger partial charge < -0.3 is 10.2 Å². The zero-order valence-electron chi connectivity index (χ0n) is 11.2. The Morgan fingerprint density at radius 2 is 2.00 bits per heavy atom. The predicted molar refractivity (Wildman–Crippen MR) is 78.9 cm³/mol. The number of thiophene rings is 1. The quantitative estimate of drug-likeness (QED) is 0.933. The van der Waals surface area contributed by atoms with Crippen LogP contribution in [0.5, 0.6) is 0 Å². The molecule has 6 heteroatoms. The van der Waals surface area contributed by atoms with E-state index in [4.69, 9.17) is 0 Å². The number of aromatic nitrogens is 3. The molecular formula is C13H17N5S. The Balaban J connectivity index is 2.01. The van der Waals surface area contributed by atoms with Crippen molar-refractivity contribution < 1.29 is 0 Å². The molecule has 1 N–H and O–H groups in total. The summed E-state index contributed by atoms with van der Waals surface area (Å²) in [6.07, 6.45) is 2.43. The Morgan fingerprint density at radius 3 is 2.63 bits per heavy atom. The number of hydrogen-bond acceptors (Lipinski definition) is 6. The first-order chi connectivity index (χ1) is 9.26. The summed E-state index contributed by atoms with van der Waals surface area (Å²) in [5.41, 5.74) is 1.07. The van der Waals surface area contributed by atoms with Gasteiger partial charge in [0.05, 0.1) is 0 Å². The molecule has 100 valence electrons. The van der Waals surface area contributed by atoms with Crippen molar-refractivity contribution in [3.05, 3.63) is 16.3 Å². The molecule has 5 nitrogen and oxygen atoms in total. The van der Waals surface area contributed by atoms with Gasteiger partial charge in [-0.2, -0.15) is 15.0 Å². The Kier molecular flexibility index (Phi) is 3.33. The summed E-state index contributed by atoms with van der Waals surface area (Å²) in [6.45, 7) is 4.17. The van der Waals surface area contributed by atoms with Crippen molar-refractivity contribution in [3.8, 4) is 11.4 Å². The largest absolute Gasteiger partial charge is 0.357 e. The zero-order valence-corrected chi connectivity index (χ0v) is 12.0. The van der Waals surface area contributed by atoms with E-state index in [1.54, 1.807) is 11.3 Å². The number of aryl methyl sites for hydroxylation is 1. The summed E-state index contributed by atoms with van der Waals surface area (Å²) in [5.74, 6) is 2.18. The highest BCUT2D eigenvalue weighted by Gasteiger charge is 2.17. The van der Waals surface area contributed by atoms with Gasteiger partial charge in [0.25, 0.3) is 0 Å². The lowest BCUT2D eigenvalue weighted by molar-refractivity contribution is 0.885. The number of rotatable bonds is 3. The molecule has 19 heavy (non-hydrogen) atoms. The summed E-state index contributed by atoms with van der Waals surface area (Å²) >= 11 is 1.72. The average molecular weight is 275 g/mol. The molecule has 0 unspecified atom stereocenters. The highest BCUT2D eigenvalue weighted by atomic mass is 32.1. The van der Waals surface area contributed by atoms with Crippen LogP contribution in [0.2, 0.25) is 0 Å². The minimum atomic E-state index is 0.635. The van der Waals surface area contributed by atoms with E-state index in [2.05, 4.69) is 43.5 Å². The molecule has 3 rings (SSSR count). The maximum atomic E-state index is 4.62. The summed E-state index contributed by atoms with van der Waals surface area (Å²) in [7, 11) is 1.84. The second-order valence-corrected chi connectivity index (χ2v) is 5.79. The Hall–Kier alpha value is -1.69. The molecule has 2 aromatic rings. The summed E-state index contributed by atoms with van der Waals surface area (Å²) in [5, 5.41) is 5.12. The van der Waals surface area contributed by atoms with E-state index in [-0.39, 0.29) is 0 Å². The van der Waals surface area contributed by atoms with Gasteiger partial charge in [-0.25, -0.2) is 0 Å². The summed E-state index contributed by atoms with van der Waals surface area (Å²) < 4.78 is 0. The van der Waals surface area contributed by atoms with Crippen LogP contribution in [-0.4, -0.2) is 35.1 Å². The van der Waals surface area contributed by atoms with Crippen LogP contribution in [-0.2, 0) is 0 Å². The van der Waals surface area contributed by atoms with Gasteiger partial charge in [0.15, 0.2) is 5.82 Å². The number of nitrogens with zero attached hydrogens (tertiary/aromatic N) is 4. The molecule has 3 heterocycles. The molecule has 1 fully saturated rings. The third-order valence-electron chi connectivity index (χ3n) is 3.22. The molecule has 0 radical (unpaired) electrons. The van der Waals surface area contributed by atoms with Crippen LogP contribution >= 0.6 is 11.3 Å². The summed E-state index contributed by atoms with van der Waals surface area (Å²) in [6, 6.07) is 2.12. The lowest BCUT2D eigenvalue weighted by Crippen LogP contribution is -2.21. The van der Waals surface area contributed by atoms with Gasteiger partial charge in [-0.3, -0.25) is 0 Å². The van der Waals surface area contributed by atoms with Crippen LogP contribution in [0, 0.1) is 6.92 Å². The van der Waals surface area contributed by atoms with Gasteiger partial charge in [0, 0.05) is 36.0 Å². The van der Waals surface area contributed by atoms with Crippen molar-refractivity contribution in [2.75, 3.05) is 30.4 Å². The number of hydrogen-bond donors (Lipinski definition) is 1. The minimum absolute atomic E-state index is 0.635. The van der Waals surface area contributed by atoms with Crippen LogP contribution < -0.4 is 10.2 Å². The smallest absolute Gasteiger partial charge is 0.230 e. The second-order valence-electron chi connectivity index (χ2n) is 4.67. The van der Waals surface area contributed by atoms with Gasteiger partial charge >= 0.3 is 0 Å². The predicted octanol–water partition coefficient (Wildman–Crippen LogP) is 2.55. The number of nitrogens with one attached hydrogen (secondary N) is 1. The van der Waals surface area contributed by atoms with E-state index in [9.17, 15) is 0 Å². The van der Waals surface area contributed by atoms with Crippen molar-refractivity contribution >= 4 is 23.2 Å². The molecule has 0 aliphatic carbocycles. The fourth-order valence-electron chi connectivity index (χ4n) is 2.22. The van der Waals surface area contributed by atoms with Crippen LogP contribution in [0.15, 0.2) is 11.4 Å². The van der Waals surface area contributed by atoms with Gasteiger partial charge in [0.1, 0.15) is 0 Å². The molecule has 0 aromatic carbocycles. The third-order valence-corrected chi connectivity index (χ3v) is 4.09. The van der Waals surface area contributed by atoms with Crippen LogP contribution in [0.3, 0.4) is 0 Å². The van der Waals surface area contributed by atoms with Crippen molar-refractivity contribution in [3.63, 3.8) is 0 Å². The molecule has 0 atom stereocenters. The lowest BCUT2D eigenvalue weighted by atomic mass is 10.3. The minimum Gasteiger partial charge on any atom is -0.357 e. The highest BCUT2D eigenvalue weighted by molar-refractivity contribution is 7.10. The topological polar surface area (TPSA) is 53.9 Å². The van der Waals surface area contributed by atoms with Crippen molar-refractivity contribution in [1.82, 2.24) is 15.0 Å². The van der Waals surface area contributed by atoms with E-state index in [1.807, 2.05) is 7.05 Å². The molecule has 2 aromatic heterocycles. The molecule has 0 bridgehead atoms. The first-order valence-corrected chi connectivity index (χ1v) is 7.38.